The van der Waals surface area contributed by atoms with E-state index in [1.807, 2.05) is 32.0 Å². The number of ether oxygens (including phenoxy) is 1. The van der Waals surface area contributed by atoms with E-state index in [9.17, 15) is 8.42 Å². The molecule has 0 atom stereocenters. The van der Waals surface area contributed by atoms with Gasteiger partial charge in [0.15, 0.2) is 0 Å². The van der Waals surface area contributed by atoms with Crippen LogP contribution in [0.1, 0.15) is 43.2 Å². The molecule has 3 nitrogen and oxygen atoms in total. The molecule has 21 heavy (non-hydrogen) atoms. The Morgan fingerprint density at radius 3 is 2.48 bits per heavy atom. The normalized spacial score (nSPS) is 18.4. The Kier molecular flexibility index (Phi) is 5.20. The molecule has 1 aliphatic carbocycles. The molecule has 0 saturated heterocycles. The summed E-state index contributed by atoms with van der Waals surface area (Å²) in [5.74, 6) is 0.846. The van der Waals surface area contributed by atoms with Crippen LogP contribution in [0.3, 0.4) is 0 Å². The first-order valence-corrected chi connectivity index (χ1v) is 9.91. The molecule has 2 rings (SSSR count). The maximum absolute atomic E-state index is 11.5. The fraction of sp³-hybridized carbons (Fsp3) is 0.625. The Labute approximate surface area is 132 Å². The van der Waals surface area contributed by atoms with Gasteiger partial charge in [0, 0.05) is 16.1 Å². The van der Waals surface area contributed by atoms with E-state index in [-0.39, 0.29) is 11.2 Å². The highest BCUT2D eigenvalue weighted by molar-refractivity contribution is 8.13. The Morgan fingerprint density at radius 1 is 1.19 bits per heavy atom. The molecule has 1 aromatic carbocycles. The minimum absolute atomic E-state index is 0.00637. The van der Waals surface area contributed by atoms with E-state index in [4.69, 9.17) is 15.4 Å². The first kappa shape index (κ1) is 16.6. The summed E-state index contributed by atoms with van der Waals surface area (Å²) < 4.78 is 29.1. The molecule has 1 saturated carbocycles. The van der Waals surface area contributed by atoms with E-state index in [1.54, 1.807) is 0 Å². The molecule has 118 valence electrons. The van der Waals surface area contributed by atoms with Crippen molar-refractivity contribution in [3.8, 4) is 5.75 Å². The van der Waals surface area contributed by atoms with Gasteiger partial charge in [-0.3, -0.25) is 0 Å². The number of hydrogen-bond donors (Lipinski definition) is 0. The van der Waals surface area contributed by atoms with Crippen LogP contribution < -0.4 is 4.74 Å². The maximum atomic E-state index is 11.5. The average Bonchev–Trinajstić information content (AvgIpc) is 2.40. The van der Waals surface area contributed by atoms with E-state index < -0.39 is 9.05 Å². The molecule has 5 heteroatoms. The van der Waals surface area contributed by atoms with Crippen LogP contribution in [0.5, 0.6) is 5.75 Å². The first-order valence-electron chi connectivity index (χ1n) is 7.43. The average molecular weight is 331 g/mol. The molecule has 0 amide bonds. The second-order valence-corrected chi connectivity index (χ2v) is 9.01. The highest BCUT2D eigenvalue weighted by atomic mass is 35.7. The van der Waals surface area contributed by atoms with Crippen molar-refractivity contribution in [1.29, 1.82) is 0 Å². The second-order valence-electron chi connectivity index (χ2n) is 6.23. The molecule has 0 radical (unpaired) electrons. The van der Waals surface area contributed by atoms with Gasteiger partial charge in [0.2, 0.25) is 9.05 Å². The molecule has 1 aliphatic rings. The van der Waals surface area contributed by atoms with E-state index in [2.05, 4.69) is 0 Å². The summed E-state index contributed by atoms with van der Waals surface area (Å²) in [4.78, 5) is 0. The molecule has 0 aromatic heterocycles. The lowest BCUT2D eigenvalue weighted by atomic mass is 9.76. The van der Waals surface area contributed by atoms with Crippen molar-refractivity contribution >= 4 is 19.7 Å². The van der Waals surface area contributed by atoms with Crippen LogP contribution in [0.4, 0.5) is 0 Å². The Hall–Kier alpha value is -0.740. The number of aryl methyl sites for hydroxylation is 1. The molecule has 1 aromatic rings. The Balaban J connectivity index is 2.14. The first-order chi connectivity index (χ1) is 9.81. The number of benzene rings is 1. The van der Waals surface area contributed by atoms with Crippen molar-refractivity contribution in [1.82, 2.24) is 0 Å². The SMILES string of the molecule is Cc1cccc(OCC2(CS(=O)(=O)Cl)CCCCC2)c1C. The van der Waals surface area contributed by atoms with Crippen LogP contribution in [0, 0.1) is 19.3 Å². The second kappa shape index (κ2) is 6.57. The third-order valence-corrected chi connectivity index (χ3v) is 5.77. The van der Waals surface area contributed by atoms with Gasteiger partial charge in [-0.15, -0.1) is 0 Å². The summed E-state index contributed by atoms with van der Waals surface area (Å²) in [5, 5.41) is 0. The summed E-state index contributed by atoms with van der Waals surface area (Å²) >= 11 is 0. The third kappa shape index (κ3) is 4.62. The highest BCUT2D eigenvalue weighted by Gasteiger charge is 2.37. The van der Waals surface area contributed by atoms with Gasteiger partial charge in [-0.2, -0.15) is 0 Å². The molecular formula is C16H23ClO3S. The van der Waals surface area contributed by atoms with Crippen molar-refractivity contribution < 1.29 is 13.2 Å². The predicted octanol–water partition coefficient (Wildman–Crippen LogP) is 4.20. The summed E-state index contributed by atoms with van der Waals surface area (Å²) in [7, 11) is 2.00. The molecule has 0 unspecified atom stereocenters. The summed E-state index contributed by atoms with van der Waals surface area (Å²) in [6, 6.07) is 5.94. The van der Waals surface area contributed by atoms with E-state index in [0.29, 0.717) is 6.61 Å². The van der Waals surface area contributed by atoms with Gasteiger partial charge >= 0.3 is 0 Å². The van der Waals surface area contributed by atoms with Gasteiger partial charge in [-0.1, -0.05) is 31.4 Å². The van der Waals surface area contributed by atoms with Crippen LogP contribution in [0.15, 0.2) is 18.2 Å². The summed E-state index contributed by atoms with van der Waals surface area (Å²) in [5.41, 5.74) is 1.95. The number of halogens is 1. The zero-order chi connectivity index (χ0) is 15.5. The Bertz CT molecular complexity index is 590. The molecule has 0 N–H and O–H groups in total. The predicted molar refractivity (Wildman–Crippen MR) is 86.6 cm³/mol. The standard InChI is InChI=1S/C16H23ClO3S/c1-13-7-6-8-15(14(13)2)20-11-16(12-21(17,18)19)9-4-3-5-10-16/h6-8H,3-5,9-12H2,1-2H3. The Morgan fingerprint density at radius 2 is 1.86 bits per heavy atom. The zero-order valence-electron chi connectivity index (χ0n) is 12.7. The molecule has 1 fully saturated rings. The van der Waals surface area contributed by atoms with Crippen LogP contribution in [-0.2, 0) is 9.05 Å². The van der Waals surface area contributed by atoms with Crippen molar-refractivity contribution in [3.63, 3.8) is 0 Å². The smallest absolute Gasteiger partial charge is 0.233 e. The van der Waals surface area contributed by atoms with Gasteiger partial charge in [0.05, 0.1) is 12.4 Å². The summed E-state index contributed by atoms with van der Waals surface area (Å²) in [6.07, 6.45) is 4.98. The van der Waals surface area contributed by atoms with Crippen molar-refractivity contribution in [2.45, 2.75) is 46.0 Å². The van der Waals surface area contributed by atoms with Gasteiger partial charge in [0.25, 0.3) is 0 Å². The molecule has 0 bridgehead atoms. The van der Waals surface area contributed by atoms with Gasteiger partial charge in [-0.25, -0.2) is 8.42 Å². The van der Waals surface area contributed by atoms with Crippen LogP contribution in [0.2, 0.25) is 0 Å². The van der Waals surface area contributed by atoms with E-state index >= 15 is 0 Å². The molecular weight excluding hydrogens is 308 g/mol. The number of rotatable bonds is 5. The topological polar surface area (TPSA) is 43.4 Å². The van der Waals surface area contributed by atoms with Crippen molar-refractivity contribution in [2.75, 3.05) is 12.4 Å². The fourth-order valence-corrected chi connectivity index (χ4v) is 4.91. The minimum Gasteiger partial charge on any atom is -0.493 e. The van der Waals surface area contributed by atoms with Gasteiger partial charge < -0.3 is 4.74 Å². The minimum atomic E-state index is -3.51. The van der Waals surface area contributed by atoms with Crippen molar-refractivity contribution in [2.24, 2.45) is 5.41 Å². The highest BCUT2D eigenvalue weighted by Crippen LogP contribution is 2.39. The lowest BCUT2D eigenvalue weighted by molar-refractivity contribution is 0.118. The lowest BCUT2D eigenvalue weighted by Crippen LogP contribution is -2.37. The van der Waals surface area contributed by atoms with Crippen molar-refractivity contribution in [3.05, 3.63) is 29.3 Å². The van der Waals surface area contributed by atoms with Crippen LogP contribution in [0.25, 0.3) is 0 Å². The lowest BCUT2D eigenvalue weighted by Gasteiger charge is -2.36. The summed E-state index contributed by atoms with van der Waals surface area (Å²) in [6.45, 7) is 4.49. The largest absolute Gasteiger partial charge is 0.493 e. The van der Waals surface area contributed by atoms with E-state index in [0.717, 1.165) is 43.4 Å². The number of hydrogen-bond acceptors (Lipinski definition) is 3. The van der Waals surface area contributed by atoms with Gasteiger partial charge in [-0.05, 0) is 43.9 Å². The van der Waals surface area contributed by atoms with Gasteiger partial charge in [0.1, 0.15) is 5.75 Å². The molecule has 0 aliphatic heterocycles. The molecule has 0 heterocycles. The van der Waals surface area contributed by atoms with Crippen LogP contribution >= 0.6 is 10.7 Å². The maximum Gasteiger partial charge on any atom is 0.233 e. The zero-order valence-corrected chi connectivity index (χ0v) is 14.3. The third-order valence-electron chi connectivity index (χ3n) is 4.48. The quantitative estimate of drug-likeness (QED) is 0.760. The van der Waals surface area contributed by atoms with Crippen LogP contribution in [-0.4, -0.2) is 20.8 Å². The monoisotopic (exact) mass is 330 g/mol. The molecule has 0 spiro atoms. The fourth-order valence-electron chi connectivity index (χ4n) is 3.11. The van der Waals surface area contributed by atoms with E-state index in [1.165, 1.54) is 5.56 Å².